The third-order valence-electron chi connectivity index (χ3n) is 2.54. The largest absolute Gasteiger partial charge is 0.377 e. The van der Waals surface area contributed by atoms with Crippen LogP contribution in [0.3, 0.4) is 0 Å². The van der Waals surface area contributed by atoms with E-state index >= 15 is 0 Å². The monoisotopic (exact) mass is 185 g/mol. The Morgan fingerprint density at radius 3 is 2.69 bits per heavy atom. The fourth-order valence-corrected chi connectivity index (χ4v) is 1.93. The molecule has 0 amide bonds. The lowest BCUT2D eigenvalue weighted by Crippen LogP contribution is -2.34. The van der Waals surface area contributed by atoms with Crippen molar-refractivity contribution in [1.82, 2.24) is 5.32 Å². The van der Waals surface area contributed by atoms with E-state index < -0.39 is 0 Å². The van der Waals surface area contributed by atoms with Gasteiger partial charge in [-0.1, -0.05) is 13.8 Å². The van der Waals surface area contributed by atoms with E-state index in [0.717, 1.165) is 19.1 Å². The summed E-state index contributed by atoms with van der Waals surface area (Å²) in [5, 5.41) is 3.53. The minimum Gasteiger partial charge on any atom is -0.377 e. The van der Waals surface area contributed by atoms with Gasteiger partial charge in [0.25, 0.3) is 0 Å². The highest BCUT2D eigenvalue weighted by atomic mass is 16.5. The first kappa shape index (κ1) is 11.0. The lowest BCUT2D eigenvalue weighted by Gasteiger charge is -2.18. The van der Waals surface area contributed by atoms with Gasteiger partial charge in [-0.15, -0.1) is 0 Å². The Balaban J connectivity index is 2.03. The van der Waals surface area contributed by atoms with Gasteiger partial charge in [0, 0.05) is 19.2 Å². The van der Waals surface area contributed by atoms with Crippen LogP contribution in [0, 0.1) is 5.92 Å². The minimum atomic E-state index is 0.481. The van der Waals surface area contributed by atoms with Crippen molar-refractivity contribution < 1.29 is 4.74 Å². The molecule has 2 heteroatoms. The summed E-state index contributed by atoms with van der Waals surface area (Å²) in [6.07, 6.45) is 4.22. The van der Waals surface area contributed by atoms with Crippen molar-refractivity contribution in [3.63, 3.8) is 0 Å². The van der Waals surface area contributed by atoms with Crippen molar-refractivity contribution in [2.45, 2.75) is 52.2 Å². The molecule has 1 rings (SSSR count). The second-order valence-electron chi connectivity index (χ2n) is 4.57. The van der Waals surface area contributed by atoms with Crippen molar-refractivity contribution in [2.75, 3.05) is 13.2 Å². The van der Waals surface area contributed by atoms with E-state index in [4.69, 9.17) is 4.74 Å². The zero-order valence-corrected chi connectivity index (χ0v) is 9.18. The molecule has 2 atom stereocenters. The standard InChI is InChI=1S/C11H23NO/c1-9(2)7-10(3)12-8-11-5-4-6-13-11/h9-12H,4-8H2,1-3H3/t10-,11+/m0/s1. The predicted octanol–water partition coefficient (Wildman–Crippen LogP) is 2.19. The van der Waals surface area contributed by atoms with Gasteiger partial charge in [-0.3, -0.25) is 0 Å². The minimum absolute atomic E-state index is 0.481. The highest BCUT2D eigenvalue weighted by molar-refractivity contribution is 4.70. The number of hydrogen-bond donors (Lipinski definition) is 1. The molecule has 1 saturated heterocycles. The van der Waals surface area contributed by atoms with Crippen LogP contribution in [-0.2, 0) is 4.74 Å². The van der Waals surface area contributed by atoms with Crippen molar-refractivity contribution >= 4 is 0 Å². The Kier molecular flexibility index (Phi) is 4.74. The maximum atomic E-state index is 5.55. The average Bonchev–Trinajstić information content (AvgIpc) is 2.51. The van der Waals surface area contributed by atoms with E-state index in [0.29, 0.717) is 12.1 Å². The van der Waals surface area contributed by atoms with Gasteiger partial charge in [0.05, 0.1) is 6.10 Å². The van der Waals surface area contributed by atoms with E-state index in [-0.39, 0.29) is 0 Å². The Labute approximate surface area is 82.0 Å². The summed E-state index contributed by atoms with van der Waals surface area (Å²) in [5.74, 6) is 0.784. The molecule has 0 unspecified atom stereocenters. The van der Waals surface area contributed by atoms with Gasteiger partial charge < -0.3 is 10.1 Å². The van der Waals surface area contributed by atoms with Gasteiger partial charge in [-0.2, -0.15) is 0 Å². The molecule has 1 fully saturated rings. The Morgan fingerprint density at radius 2 is 2.15 bits per heavy atom. The van der Waals surface area contributed by atoms with Gasteiger partial charge in [0.1, 0.15) is 0 Å². The summed E-state index contributed by atoms with van der Waals surface area (Å²) in [6.45, 7) is 8.79. The first-order valence-electron chi connectivity index (χ1n) is 5.53. The lowest BCUT2D eigenvalue weighted by molar-refractivity contribution is 0.107. The molecule has 0 aliphatic carbocycles. The third-order valence-corrected chi connectivity index (χ3v) is 2.54. The number of hydrogen-bond acceptors (Lipinski definition) is 2. The molecule has 0 aromatic heterocycles. The Hall–Kier alpha value is -0.0800. The molecule has 2 nitrogen and oxygen atoms in total. The smallest absolute Gasteiger partial charge is 0.0700 e. The van der Waals surface area contributed by atoms with Crippen LogP contribution >= 0.6 is 0 Å². The zero-order chi connectivity index (χ0) is 9.68. The van der Waals surface area contributed by atoms with Crippen LogP contribution in [0.5, 0.6) is 0 Å². The van der Waals surface area contributed by atoms with Gasteiger partial charge in [0.15, 0.2) is 0 Å². The Morgan fingerprint density at radius 1 is 1.38 bits per heavy atom. The summed E-state index contributed by atoms with van der Waals surface area (Å²) in [5.41, 5.74) is 0. The first-order chi connectivity index (χ1) is 6.18. The van der Waals surface area contributed by atoms with E-state index in [1.165, 1.54) is 19.3 Å². The predicted molar refractivity (Wildman–Crippen MR) is 55.9 cm³/mol. The summed E-state index contributed by atoms with van der Waals surface area (Å²) in [6, 6.07) is 0.629. The van der Waals surface area contributed by atoms with Crippen LogP contribution < -0.4 is 5.32 Å². The summed E-state index contributed by atoms with van der Waals surface area (Å²) < 4.78 is 5.55. The lowest BCUT2D eigenvalue weighted by atomic mass is 10.1. The normalized spacial score (nSPS) is 25.4. The molecule has 1 N–H and O–H groups in total. The molecule has 0 spiro atoms. The molecule has 1 aliphatic heterocycles. The second-order valence-corrected chi connectivity index (χ2v) is 4.57. The highest BCUT2D eigenvalue weighted by Crippen LogP contribution is 2.11. The molecule has 0 aromatic rings. The molecule has 78 valence electrons. The zero-order valence-electron chi connectivity index (χ0n) is 9.18. The topological polar surface area (TPSA) is 21.3 Å². The summed E-state index contributed by atoms with van der Waals surface area (Å²) in [7, 11) is 0. The van der Waals surface area contributed by atoms with Gasteiger partial charge >= 0.3 is 0 Å². The summed E-state index contributed by atoms with van der Waals surface area (Å²) in [4.78, 5) is 0. The maximum absolute atomic E-state index is 5.55. The van der Waals surface area contributed by atoms with Crippen molar-refractivity contribution in [1.29, 1.82) is 0 Å². The molecule has 0 saturated carbocycles. The Bertz CT molecular complexity index is 130. The van der Waals surface area contributed by atoms with E-state index in [9.17, 15) is 0 Å². The highest BCUT2D eigenvalue weighted by Gasteiger charge is 2.15. The molecule has 13 heavy (non-hydrogen) atoms. The molecule has 0 bridgehead atoms. The van der Waals surface area contributed by atoms with Gasteiger partial charge in [-0.25, -0.2) is 0 Å². The number of nitrogens with one attached hydrogen (secondary N) is 1. The SMILES string of the molecule is CC(C)C[C@H](C)NC[C@H]1CCCO1. The average molecular weight is 185 g/mol. The van der Waals surface area contributed by atoms with Gasteiger partial charge in [-0.05, 0) is 32.1 Å². The van der Waals surface area contributed by atoms with Crippen LogP contribution in [0.2, 0.25) is 0 Å². The van der Waals surface area contributed by atoms with Crippen LogP contribution in [0.25, 0.3) is 0 Å². The number of rotatable bonds is 5. The molecule has 0 aromatic carbocycles. The fourth-order valence-electron chi connectivity index (χ4n) is 1.93. The van der Waals surface area contributed by atoms with Crippen LogP contribution in [0.15, 0.2) is 0 Å². The third kappa shape index (κ3) is 4.63. The van der Waals surface area contributed by atoms with Crippen molar-refractivity contribution in [3.8, 4) is 0 Å². The van der Waals surface area contributed by atoms with E-state index in [1.54, 1.807) is 0 Å². The summed E-state index contributed by atoms with van der Waals surface area (Å²) >= 11 is 0. The maximum Gasteiger partial charge on any atom is 0.0700 e. The van der Waals surface area contributed by atoms with Crippen LogP contribution in [0.1, 0.15) is 40.0 Å². The quantitative estimate of drug-likeness (QED) is 0.709. The first-order valence-corrected chi connectivity index (χ1v) is 5.53. The van der Waals surface area contributed by atoms with Crippen molar-refractivity contribution in [2.24, 2.45) is 5.92 Å². The van der Waals surface area contributed by atoms with E-state index in [1.807, 2.05) is 0 Å². The van der Waals surface area contributed by atoms with E-state index in [2.05, 4.69) is 26.1 Å². The second kappa shape index (κ2) is 5.61. The van der Waals surface area contributed by atoms with Gasteiger partial charge in [0.2, 0.25) is 0 Å². The fraction of sp³-hybridized carbons (Fsp3) is 1.00. The molecule has 1 aliphatic rings. The van der Waals surface area contributed by atoms with Crippen LogP contribution in [-0.4, -0.2) is 25.3 Å². The van der Waals surface area contributed by atoms with Crippen molar-refractivity contribution in [3.05, 3.63) is 0 Å². The number of ether oxygens (including phenoxy) is 1. The molecular weight excluding hydrogens is 162 g/mol. The molecule has 0 radical (unpaired) electrons. The molecule has 1 heterocycles. The van der Waals surface area contributed by atoms with Crippen LogP contribution in [0.4, 0.5) is 0 Å². The molecular formula is C11H23NO.